The number of ether oxygens (including phenoxy) is 1. The molecule has 1 saturated heterocycles. The molecule has 1 fully saturated rings. The third kappa shape index (κ3) is 5.28. The van der Waals surface area contributed by atoms with E-state index >= 15 is 0 Å². The van der Waals surface area contributed by atoms with Crippen molar-refractivity contribution < 1.29 is 18.7 Å². The summed E-state index contributed by atoms with van der Waals surface area (Å²) in [7, 11) is 1.50. The van der Waals surface area contributed by atoms with E-state index in [9.17, 15) is 14.0 Å². The fourth-order valence-electron chi connectivity index (χ4n) is 2.70. The van der Waals surface area contributed by atoms with E-state index < -0.39 is 0 Å². The summed E-state index contributed by atoms with van der Waals surface area (Å²) in [5.41, 5.74) is 0.861. The molecule has 24 heavy (non-hydrogen) atoms. The summed E-state index contributed by atoms with van der Waals surface area (Å²) in [5.74, 6) is -0.395. The number of rotatable bonds is 6. The number of carbonyl (C=O) groups excluding carboxylic acids is 2. The molecule has 0 radical (unpaired) electrons. The van der Waals surface area contributed by atoms with Gasteiger partial charge in [-0.2, -0.15) is 0 Å². The summed E-state index contributed by atoms with van der Waals surface area (Å²) in [6.45, 7) is 4.77. The van der Waals surface area contributed by atoms with Crippen molar-refractivity contribution in [3.05, 3.63) is 35.6 Å². The first-order valence-electron chi connectivity index (χ1n) is 8.03. The second-order valence-corrected chi connectivity index (χ2v) is 5.93. The molecule has 7 heteroatoms. The van der Waals surface area contributed by atoms with Gasteiger partial charge >= 0.3 is 0 Å². The van der Waals surface area contributed by atoms with Crippen LogP contribution < -0.4 is 5.32 Å². The number of carbonyl (C=O) groups is 2. The van der Waals surface area contributed by atoms with Gasteiger partial charge in [-0.3, -0.25) is 14.5 Å². The van der Waals surface area contributed by atoms with E-state index in [0.717, 1.165) is 5.56 Å². The van der Waals surface area contributed by atoms with Crippen LogP contribution in [0.15, 0.2) is 24.3 Å². The maximum atomic E-state index is 12.9. The molecule has 1 aromatic carbocycles. The van der Waals surface area contributed by atoms with E-state index in [0.29, 0.717) is 26.2 Å². The minimum atomic E-state index is -0.293. The largest absolute Gasteiger partial charge is 0.375 e. The first-order valence-corrected chi connectivity index (χ1v) is 8.03. The van der Waals surface area contributed by atoms with Gasteiger partial charge in [0.2, 0.25) is 11.8 Å². The molecule has 1 aromatic rings. The Morgan fingerprint density at radius 1 is 1.21 bits per heavy atom. The molecule has 0 aromatic heterocycles. The van der Waals surface area contributed by atoms with Crippen LogP contribution in [0.5, 0.6) is 0 Å². The SMILES string of the molecule is COCC(=O)N1CCN(CC(=O)NC(C)c2ccc(F)cc2)CC1. The first-order chi connectivity index (χ1) is 11.5. The third-order valence-electron chi connectivity index (χ3n) is 4.11. The van der Waals surface area contributed by atoms with Crippen molar-refractivity contribution in [2.75, 3.05) is 46.4 Å². The monoisotopic (exact) mass is 337 g/mol. The average Bonchev–Trinajstić information content (AvgIpc) is 2.56. The van der Waals surface area contributed by atoms with Gasteiger partial charge in [0.05, 0.1) is 12.6 Å². The predicted octanol–water partition coefficient (Wildman–Crippen LogP) is 0.794. The van der Waals surface area contributed by atoms with E-state index in [2.05, 4.69) is 5.32 Å². The summed E-state index contributed by atoms with van der Waals surface area (Å²) in [6, 6.07) is 5.92. The quantitative estimate of drug-likeness (QED) is 0.834. The van der Waals surface area contributed by atoms with Gasteiger partial charge in [0.1, 0.15) is 12.4 Å². The van der Waals surface area contributed by atoms with Crippen LogP contribution in [0.2, 0.25) is 0 Å². The second-order valence-electron chi connectivity index (χ2n) is 5.93. The zero-order valence-electron chi connectivity index (χ0n) is 14.1. The molecule has 0 spiro atoms. The Balaban J connectivity index is 1.75. The maximum absolute atomic E-state index is 12.9. The second kappa shape index (κ2) is 8.75. The van der Waals surface area contributed by atoms with Crippen molar-refractivity contribution in [3.63, 3.8) is 0 Å². The molecular weight excluding hydrogens is 313 g/mol. The molecule has 1 N–H and O–H groups in total. The lowest BCUT2D eigenvalue weighted by atomic mass is 10.1. The lowest BCUT2D eigenvalue weighted by Crippen LogP contribution is -2.51. The van der Waals surface area contributed by atoms with Crippen LogP contribution in [0.4, 0.5) is 4.39 Å². The van der Waals surface area contributed by atoms with Gasteiger partial charge in [-0.15, -0.1) is 0 Å². The van der Waals surface area contributed by atoms with Gasteiger partial charge in [0.25, 0.3) is 0 Å². The smallest absolute Gasteiger partial charge is 0.248 e. The topological polar surface area (TPSA) is 61.9 Å². The minimum Gasteiger partial charge on any atom is -0.375 e. The molecule has 0 aliphatic carbocycles. The van der Waals surface area contributed by atoms with E-state index in [-0.39, 0.29) is 36.8 Å². The number of halogens is 1. The lowest BCUT2D eigenvalue weighted by Gasteiger charge is -2.34. The molecular formula is C17H24FN3O3. The fraction of sp³-hybridized carbons (Fsp3) is 0.529. The van der Waals surface area contributed by atoms with Crippen LogP contribution in [-0.2, 0) is 14.3 Å². The normalized spacial score (nSPS) is 16.7. The van der Waals surface area contributed by atoms with Crippen molar-refractivity contribution in [1.82, 2.24) is 15.1 Å². The average molecular weight is 337 g/mol. The van der Waals surface area contributed by atoms with E-state index in [1.165, 1.54) is 19.2 Å². The van der Waals surface area contributed by atoms with Crippen molar-refractivity contribution in [2.24, 2.45) is 0 Å². The molecule has 1 heterocycles. The van der Waals surface area contributed by atoms with Gasteiger partial charge in [-0.05, 0) is 24.6 Å². The highest BCUT2D eigenvalue weighted by molar-refractivity contribution is 5.79. The van der Waals surface area contributed by atoms with E-state index in [1.54, 1.807) is 17.0 Å². The van der Waals surface area contributed by atoms with Crippen LogP contribution in [0.25, 0.3) is 0 Å². The number of piperazine rings is 1. The highest BCUT2D eigenvalue weighted by Gasteiger charge is 2.22. The molecule has 132 valence electrons. The Kier molecular flexibility index (Phi) is 6.69. The van der Waals surface area contributed by atoms with Gasteiger partial charge in [-0.1, -0.05) is 12.1 Å². The predicted molar refractivity (Wildman–Crippen MR) is 87.9 cm³/mol. The first kappa shape index (κ1) is 18.4. The van der Waals surface area contributed by atoms with Crippen LogP contribution in [-0.4, -0.2) is 68.1 Å². The van der Waals surface area contributed by atoms with Crippen molar-refractivity contribution >= 4 is 11.8 Å². The molecule has 1 atom stereocenters. The molecule has 1 aliphatic rings. The highest BCUT2D eigenvalue weighted by Crippen LogP contribution is 2.12. The summed E-state index contributed by atoms with van der Waals surface area (Å²) in [6.07, 6.45) is 0. The molecule has 1 unspecified atom stereocenters. The number of methoxy groups -OCH3 is 1. The molecule has 6 nitrogen and oxygen atoms in total. The standard InChI is InChI=1S/C17H24FN3O3/c1-13(14-3-5-15(18)6-4-14)19-16(22)11-20-7-9-21(10-8-20)17(23)12-24-2/h3-6,13H,7-12H2,1-2H3,(H,19,22). The number of nitrogens with one attached hydrogen (secondary N) is 1. The third-order valence-corrected chi connectivity index (χ3v) is 4.11. The van der Waals surface area contributed by atoms with Gasteiger partial charge in [0.15, 0.2) is 0 Å². The van der Waals surface area contributed by atoms with Crippen LogP contribution in [0, 0.1) is 5.82 Å². The number of amides is 2. The Morgan fingerprint density at radius 3 is 2.42 bits per heavy atom. The molecule has 0 bridgehead atoms. The Labute approximate surface area is 141 Å². The van der Waals surface area contributed by atoms with Crippen LogP contribution >= 0.6 is 0 Å². The lowest BCUT2D eigenvalue weighted by molar-refractivity contribution is -0.137. The summed E-state index contributed by atoms with van der Waals surface area (Å²) < 4.78 is 17.8. The van der Waals surface area contributed by atoms with Crippen LogP contribution in [0.1, 0.15) is 18.5 Å². The number of benzene rings is 1. The summed E-state index contributed by atoms with van der Waals surface area (Å²) in [4.78, 5) is 27.6. The maximum Gasteiger partial charge on any atom is 0.248 e. The van der Waals surface area contributed by atoms with Crippen molar-refractivity contribution in [1.29, 1.82) is 0 Å². The Hall–Kier alpha value is -1.99. The molecule has 1 aliphatic heterocycles. The minimum absolute atomic E-state index is 0.0217. The molecule has 2 rings (SSSR count). The summed E-state index contributed by atoms with van der Waals surface area (Å²) >= 11 is 0. The van der Waals surface area contributed by atoms with Gasteiger partial charge in [-0.25, -0.2) is 4.39 Å². The molecule has 2 amide bonds. The number of hydrogen-bond acceptors (Lipinski definition) is 4. The number of hydrogen-bond donors (Lipinski definition) is 1. The van der Waals surface area contributed by atoms with Crippen molar-refractivity contribution in [3.8, 4) is 0 Å². The van der Waals surface area contributed by atoms with Crippen molar-refractivity contribution in [2.45, 2.75) is 13.0 Å². The van der Waals surface area contributed by atoms with Gasteiger partial charge in [0, 0.05) is 33.3 Å². The molecule has 0 saturated carbocycles. The van der Waals surface area contributed by atoms with E-state index in [1.807, 2.05) is 11.8 Å². The Bertz CT molecular complexity index is 557. The van der Waals surface area contributed by atoms with Gasteiger partial charge < -0.3 is 15.0 Å². The summed E-state index contributed by atoms with van der Waals surface area (Å²) in [5, 5.41) is 2.91. The highest BCUT2D eigenvalue weighted by atomic mass is 19.1. The number of nitrogens with zero attached hydrogens (tertiary/aromatic N) is 2. The van der Waals surface area contributed by atoms with E-state index in [4.69, 9.17) is 4.74 Å². The zero-order valence-corrected chi connectivity index (χ0v) is 14.1. The van der Waals surface area contributed by atoms with Crippen LogP contribution in [0.3, 0.4) is 0 Å². The Morgan fingerprint density at radius 2 is 1.83 bits per heavy atom. The zero-order chi connectivity index (χ0) is 17.5. The fourth-order valence-corrected chi connectivity index (χ4v) is 2.70.